The number of hydrogen-bond acceptors (Lipinski definition) is 13. The number of nitrogens with two attached hydrogens (primary N) is 1. The van der Waals surface area contributed by atoms with Gasteiger partial charge in [0.1, 0.15) is 24.4 Å². The summed E-state index contributed by atoms with van der Waals surface area (Å²) >= 11 is 0. The number of nitrogens with one attached hydrogen (secondary N) is 3. The fourth-order valence-electron chi connectivity index (χ4n) is 7.20. The summed E-state index contributed by atoms with van der Waals surface area (Å²) in [4.78, 5) is 78.5. The summed E-state index contributed by atoms with van der Waals surface area (Å²) in [6, 6.07) is 0.144. The number of primary amides is 1. The van der Waals surface area contributed by atoms with Crippen LogP contribution in [0.4, 0.5) is 0 Å². The molecule has 0 bridgehead atoms. The molecule has 0 saturated carbocycles. The van der Waals surface area contributed by atoms with Crippen molar-refractivity contribution in [1.29, 1.82) is 0 Å². The SMILES string of the molecule is CCCCCCCCCCCCCCC(=O)O[C@@H]1[C@H](CO)[C@@H]([C@@H](O[C@H]2OC(C(=O)N[C@H]3CCCCNC3=O)=C[C@H](O)[C@@H]2O)C(N)=O)O[C@H]1n1ccc(=O)[nH]c1=O. The van der Waals surface area contributed by atoms with Crippen molar-refractivity contribution in [3.63, 3.8) is 0 Å². The summed E-state index contributed by atoms with van der Waals surface area (Å²) in [7, 11) is 0. The third-order valence-corrected chi connectivity index (χ3v) is 10.4. The van der Waals surface area contributed by atoms with Gasteiger partial charge in [-0.1, -0.05) is 77.6 Å². The highest BCUT2D eigenvalue weighted by Gasteiger charge is 2.54. The summed E-state index contributed by atoms with van der Waals surface area (Å²) < 4.78 is 24.1. The minimum Gasteiger partial charge on any atom is -0.457 e. The number of aromatic nitrogens is 2. The van der Waals surface area contributed by atoms with Gasteiger partial charge < -0.3 is 50.6 Å². The van der Waals surface area contributed by atoms with E-state index in [-0.39, 0.29) is 6.42 Å². The molecule has 0 radical (unpaired) electrons. The predicted molar refractivity (Wildman–Crippen MR) is 199 cm³/mol. The van der Waals surface area contributed by atoms with Gasteiger partial charge in [-0.25, -0.2) is 4.79 Å². The van der Waals surface area contributed by atoms with Gasteiger partial charge >= 0.3 is 11.7 Å². The van der Waals surface area contributed by atoms with Crippen LogP contribution < -0.4 is 27.6 Å². The van der Waals surface area contributed by atoms with Gasteiger partial charge in [0.2, 0.25) is 18.1 Å². The number of amides is 3. The number of aliphatic hydroxyl groups is 3. The summed E-state index contributed by atoms with van der Waals surface area (Å²) in [6.07, 6.45) is 5.18. The number of unbranched alkanes of at least 4 members (excludes halogenated alkanes) is 11. The Bertz CT molecular complexity index is 1600. The molecular formula is C38H59N5O13. The molecule has 8 N–H and O–H groups in total. The number of rotatable bonds is 22. The van der Waals surface area contributed by atoms with Crippen LogP contribution in [0.2, 0.25) is 0 Å². The Balaban J connectivity index is 1.42. The zero-order valence-electron chi connectivity index (χ0n) is 32.1. The number of hydrogen-bond donors (Lipinski definition) is 7. The molecule has 4 rings (SSSR count). The maximum absolute atomic E-state index is 13.2. The lowest BCUT2D eigenvalue weighted by atomic mass is 9.94. The van der Waals surface area contributed by atoms with Crippen molar-refractivity contribution in [3.05, 3.63) is 44.9 Å². The van der Waals surface area contributed by atoms with Gasteiger partial charge in [-0.05, 0) is 31.8 Å². The monoisotopic (exact) mass is 793 g/mol. The molecule has 0 aromatic carbocycles. The van der Waals surface area contributed by atoms with Crippen LogP contribution in [0.5, 0.6) is 0 Å². The van der Waals surface area contributed by atoms with E-state index >= 15 is 0 Å². The fraction of sp³-hybridized carbons (Fsp3) is 0.737. The lowest BCUT2D eigenvalue weighted by molar-refractivity contribution is -0.239. The molecule has 314 valence electrons. The van der Waals surface area contributed by atoms with E-state index in [2.05, 4.69) is 22.5 Å². The number of ether oxygens (including phenoxy) is 4. The first-order chi connectivity index (χ1) is 26.9. The highest BCUT2D eigenvalue weighted by Crippen LogP contribution is 2.39. The Kier molecular flexibility index (Phi) is 18.0. The number of carbonyl (C=O) groups is 4. The molecule has 4 heterocycles. The Morgan fingerprint density at radius 2 is 1.66 bits per heavy atom. The molecule has 0 spiro atoms. The average Bonchev–Trinajstić information content (AvgIpc) is 3.37. The molecule has 1 aromatic heterocycles. The van der Waals surface area contributed by atoms with Crippen molar-refractivity contribution >= 4 is 23.7 Å². The van der Waals surface area contributed by atoms with Gasteiger partial charge in [0.25, 0.3) is 11.5 Å². The Labute approximate surface area is 325 Å². The van der Waals surface area contributed by atoms with Crippen molar-refractivity contribution in [1.82, 2.24) is 20.2 Å². The average molecular weight is 794 g/mol. The quantitative estimate of drug-likeness (QED) is 0.0629. The molecule has 9 atom stereocenters. The zero-order valence-corrected chi connectivity index (χ0v) is 32.1. The molecule has 18 nitrogen and oxygen atoms in total. The second kappa shape index (κ2) is 22.6. The molecule has 2 fully saturated rings. The minimum atomic E-state index is -1.90. The topological polar surface area (TPSA) is 271 Å². The molecule has 3 amide bonds. The summed E-state index contributed by atoms with van der Waals surface area (Å²) in [5.41, 5.74) is 4.08. The van der Waals surface area contributed by atoms with Crippen molar-refractivity contribution in [2.24, 2.45) is 11.7 Å². The van der Waals surface area contributed by atoms with Crippen LogP contribution in [0.25, 0.3) is 0 Å². The maximum Gasteiger partial charge on any atom is 0.330 e. The standard InChI is InChI=1S/C38H59N5O13/c1-2-3-4-5-6-7-8-9-10-11-12-13-17-28(47)54-31-23(22-44)30(55-36(31)43-20-18-27(46)42-38(43)52)32(33(39)49)56-37-29(48)25(45)21-26(53-37)35(51)41-24-16-14-15-19-40-34(24)50/h18,20-21,23-25,29-32,36-37,44-45,48H,2-17,19,22H2,1H3,(H2,39,49)(H,40,50)(H,41,51)(H,42,46,52)/t23-,24+,25+,29+,30+,31-,32-,36-,37-/m1/s1. The van der Waals surface area contributed by atoms with Crippen LogP contribution in [0, 0.1) is 5.92 Å². The number of esters is 1. The molecule has 0 unspecified atom stereocenters. The second-order valence-electron chi connectivity index (χ2n) is 14.7. The summed E-state index contributed by atoms with van der Waals surface area (Å²) in [6.45, 7) is 1.89. The maximum atomic E-state index is 13.2. The van der Waals surface area contributed by atoms with Crippen molar-refractivity contribution in [3.8, 4) is 0 Å². The largest absolute Gasteiger partial charge is 0.457 e. The molecule has 18 heteroatoms. The zero-order chi connectivity index (χ0) is 40.6. The molecule has 0 aliphatic carbocycles. The molecule has 2 saturated heterocycles. The van der Waals surface area contributed by atoms with E-state index in [1.165, 1.54) is 44.9 Å². The molecule has 3 aliphatic heterocycles. The first kappa shape index (κ1) is 44.6. The van der Waals surface area contributed by atoms with Crippen molar-refractivity contribution in [2.45, 2.75) is 159 Å². The van der Waals surface area contributed by atoms with Crippen LogP contribution >= 0.6 is 0 Å². The molecule has 3 aliphatic rings. The number of aliphatic hydroxyl groups excluding tert-OH is 3. The second-order valence-corrected chi connectivity index (χ2v) is 14.7. The Morgan fingerprint density at radius 1 is 1.00 bits per heavy atom. The van der Waals surface area contributed by atoms with E-state index in [4.69, 9.17) is 24.7 Å². The smallest absolute Gasteiger partial charge is 0.330 e. The molecular weight excluding hydrogens is 734 g/mol. The van der Waals surface area contributed by atoms with Crippen LogP contribution in [0.15, 0.2) is 33.7 Å². The van der Waals surface area contributed by atoms with Crippen LogP contribution in [-0.4, -0.2) is 105 Å². The van der Waals surface area contributed by atoms with Gasteiger partial charge in [-0.3, -0.25) is 33.5 Å². The number of nitrogens with zero attached hydrogens (tertiary/aromatic N) is 1. The molecule has 56 heavy (non-hydrogen) atoms. The number of H-pyrrole nitrogens is 1. The fourth-order valence-corrected chi connectivity index (χ4v) is 7.20. The highest BCUT2D eigenvalue weighted by atomic mass is 16.7. The van der Waals surface area contributed by atoms with Gasteiger partial charge in [-0.2, -0.15) is 0 Å². The van der Waals surface area contributed by atoms with Crippen molar-refractivity contribution in [2.75, 3.05) is 13.2 Å². The Morgan fingerprint density at radius 3 is 2.29 bits per heavy atom. The summed E-state index contributed by atoms with van der Waals surface area (Å²) in [5, 5.41) is 37.2. The van der Waals surface area contributed by atoms with Crippen LogP contribution in [0.3, 0.4) is 0 Å². The van der Waals surface area contributed by atoms with E-state index in [0.717, 1.165) is 55.0 Å². The lowest BCUT2D eigenvalue weighted by Gasteiger charge is -2.35. The third-order valence-electron chi connectivity index (χ3n) is 10.4. The normalized spacial score (nSPS) is 27.0. The first-order valence-electron chi connectivity index (χ1n) is 20.0. The van der Waals surface area contributed by atoms with Crippen LogP contribution in [0.1, 0.15) is 116 Å². The van der Waals surface area contributed by atoms with Crippen molar-refractivity contribution < 1.29 is 53.4 Å². The van der Waals surface area contributed by atoms with E-state index in [1.807, 2.05) is 0 Å². The van der Waals surface area contributed by atoms with Gasteiger partial charge in [0.15, 0.2) is 24.2 Å². The van der Waals surface area contributed by atoms with Gasteiger partial charge in [0.05, 0.1) is 12.5 Å². The molecule has 1 aromatic rings. The number of carbonyl (C=O) groups excluding carboxylic acids is 4. The lowest BCUT2D eigenvalue weighted by Crippen LogP contribution is -2.53. The first-order valence-corrected chi connectivity index (χ1v) is 20.0. The minimum absolute atomic E-state index is 0.0272. The van der Waals surface area contributed by atoms with E-state index < -0.39 is 102 Å². The summed E-state index contributed by atoms with van der Waals surface area (Å²) in [5.74, 6) is -4.90. The van der Waals surface area contributed by atoms with Gasteiger partial charge in [0, 0.05) is 25.2 Å². The highest BCUT2D eigenvalue weighted by molar-refractivity contribution is 5.95. The predicted octanol–water partition coefficient (Wildman–Crippen LogP) is 0.663. The number of aromatic amines is 1. The third kappa shape index (κ3) is 12.7. The van der Waals surface area contributed by atoms with E-state index in [0.29, 0.717) is 25.8 Å². The Hall–Kier alpha value is -4.10. The van der Waals surface area contributed by atoms with Gasteiger partial charge in [-0.15, -0.1) is 0 Å². The van der Waals surface area contributed by atoms with E-state index in [9.17, 15) is 44.1 Å². The van der Waals surface area contributed by atoms with E-state index in [1.54, 1.807) is 0 Å². The van der Waals surface area contributed by atoms with Crippen LogP contribution in [-0.2, 0) is 38.1 Å².